The first kappa shape index (κ1) is 15.4. The number of hydrogen-bond acceptors (Lipinski definition) is 5. The molecule has 1 atom stereocenters. The van der Waals surface area contributed by atoms with Gasteiger partial charge in [-0.2, -0.15) is 0 Å². The zero-order chi connectivity index (χ0) is 15.2. The molecule has 2 heterocycles. The average molecular weight is 290 g/mol. The van der Waals surface area contributed by atoms with E-state index in [0.717, 1.165) is 24.3 Å². The molecule has 1 aliphatic heterocycles. The van der Waals surface area contributed by atoms with Crippen molar-refractivity contribution in [3.05, 3.63) is 23.9 Å². The van der Waals surface area contributed by atoms with E-state index in [-0.39, 0.29) is 24.4 Å². The SMILES string of the molecule is CCCNc1ncccc1CN1CC(=O)NC(=O)C1CC. The summed E-state index contributed by atoms with van der Waals surface area (Å²) in [5.41, 5.74) is 1.01. The first-order chi connectivity index (χ1) is 10.2. The van der Waals surface area contributed by atoms with Crippen LogP contribution < -0.4 is 10.6 Å². The number of rotatable bonds is 6. The molecule has 0 radical (unpaired) electrons. The van der Waals surface area contributed by atoms with Crippen molar-refractivity contribution < 1.29 is 9.59 Å². The number of hydrogen-bond donors (Lipinski definition) is 2. The van der Waals surface area contributed by atoms with Gasteiger partial charge in [0.05, 0.1) is 12.6 Å². The number of imide groups is 1. The number of pyridine rings is 1. The van der Waals surface area contributed by atoms with Gasteiger partial charge in [-0.15, -0.1) is 0 Å². The topological polar surface area (TPSA) is 74.3 Å². The second-order valence-electron chi connectivity index (χ2n) is 5.18. The van der Waals surface area contributed by atoms with Crippen LogP contribution in [-0.4, -0.2) is 40.8 Å². The lowest BCUT2D eigenvalue weighted by atomic mass is 10.1. The molecule has 1 aromatic heterocycles. The normalized spacial score (nSPS) is 19.4. The molecule has 114 valence electrons. The van der Waals surface area contributed by atoms with Crippen LogP contribution in [0.3, 0.4) is 0 Å². The van der Waals surface area contributed by atoms with Crippen LogP contribution in [0.5, 0.6) is 0 Å². The van der Waals surface area contributed by atoms with Gasteiger partial charge < -0.3 is 5.32 Å². The minimum atomic E-state index is -0.262. The molecule has 21 heavy (non-hydrogen) atoms. The highest BCUT2D eigenvalue weighted by atomic mass is 16.2. The van der Waals surface area contributed by atoms with Crippen molar-refractivity contribution in [2.24, 2.45) is 0 Å². The van der Waals surface area contributed by atoms with Gasteiger partial charge in [0.1, 0.15) is 5.82 Å². The number of amides is 2. The maximum Gasteiger partial charge on any atom is 0.243 e. The molecule has 0 bridgehead atoms. The summed E-state index contributed by atoms with van der Waals surface area (Å²) in [6.45, 7) is 5.67. The largest absolute Gasteiger partial charge is 0.370 e. The summed E-state index contributed by atoms with van der Waals surface area (Å²) in [6, 6.07) is 3.59. The number of anilines is 1. The van der Waals surface area contributed by atoms with Crippen LogP contribution >= 0.6 is 0 Å². The van der Waals surface area contributed by atoms with Crippen molar-refractivity contribution >= 4 is 17.6 Å². The molecule has 6 nitrogen and oxygen atoms in total. The first-order valence-electron chi connectivity index (χ1n) is 7.41. The smallest absolute Gasteiger partial charge is 0.243 e. The van der Waals surface area contributed by atoms with Gasteiger partial charge in [-0.1, -0.05) is 19.9 Å². The molecule has 0 aromatic carbocycles. The Morgan fingerprint density at radius 1 is 1.43 bits per heavy atom. The van der Waals surface area contributed by atoms with Gasteiger partial charge in [-0.25, -0.2) is 4.98 Å². The molecule has 2 rings (SSSR count). The lowest BCUT2D eigenvalue weighted by Gasteiger charge is -2.33. The van der Waals surface area contributed by atoms with Gasteiger partial charge in [-0.05, 0) is 18.9 Å². The quantitative estimate of drug-likeness (QED) is 0.769. The van der Waals surface area contributed by atoms with Crippen LogP contribution in [0.25, 0.3) is 0 Å². The molecule has 0 saturated carbocycles. The van der Waals surface area contributed by atoms with Gasteiger partial charge in [0.2, 0.25) is 11.8 Å². The van der Waals surface area contributed by atoms with Crippen LogP contribution in [0.1, 0.15) is 32.3 Å². The van der Waals surface area contributed by atoms with Crippen LogP contribution in [0, 0.1) is 0 Å². The highest BCUT2D eigenvalue weighted by Gasteiger charge is 2.32. The molecule has 2 N–H and O–H groups in total. The Kier molecular flexibility index (Phi) is 5.27. The minimum absolute atomic E-state index is 0.208. The second-order valence-corrected chi connectivity index (χ2v) is 5.18. The van der Waals surface area contributed by atoms with Gasteiger partial charge in [0.15, 0.2) is 0 Å². The van der Waals surface area contributed by atoms with E-state index >= 15 is 0 Å². The lowest BCUT2D eigenvalue weighted by molar-refractivity contribution is -0.140. The minimum Gasteiger partial charge on any atom is -0.370 e. The number of aromatic nitrogens is 1. The Bertz CT molecular complexity index is 518. The fraction of sp³-hybridized carbons (Fsp3) is 0.533. The third kappa shape index (κ3) is 3.78. The number of carbonyl (C=O) groups excluding carboxylic acids is 2. The predicted molar refractivity (Wildman–Crippen MR) is 80.7 cm³/mol. The predicted octanol–water partition coefficient (Wildman–Crippen LogP) is 1.14. The molecule has 1 aromatic rings. The van der Waals surface area contributed by atoms with Gasteiger partial charge in [-0.3, -0.25) is 19.8 Å². The lowest BCUT2D eigenvalue weighted by Crippen LogP contribution is -2.57. The molecule has 1 fully saturated rings. The van der Waals surface area contributed by atoms with Crippen molar-refractivity contribution in [2.75, 3.05) is 18.4 Å². The highest BCUT2D eigenvalue weighted by molar-refractivity contribution is 6.01. The van der Waals surface area contributed by atoms with E-state index in [0.29, 0.717) is 13.0 Å². The van der Waals surface area contributed by atoms with E-state index in [1.807, 2.05) is 24.0 Å². The Balaban J connectivity index is 2.15. The average Bonchev–Trinajstić information content (AvgIpc) is 2.46. The summed E-state index contributed by atoms with van der Waals surface area (Å²) >= 11 is 0. The van der Waals surface area contributed by atoms with Crippen LogP contribution in [0.4, 0.5) is 5.82 Å². The molecule has 0 aliphatic carbocycles. The standard InChI is InChI=1S/C15H22N4O2/c1-3-7-16-14-11(6-5-8-17-14)9-19-10-13(20)18-15(21)12(19)4-2/h5-6,8,12H,3-4,7,9-10H2,1-2H3,(H,16,17)(H,18,20,21). The Morgan fingerprint density at radius 2 is 2.24 bits per heavy atom. The van der Waals surface area contributed by atoms with Crippen LogP contribution in [-0.2, 0) is 16.1 Å². The van der Waals surface area contributed by atoms with Gasteiger partial charge in [0.25, 0.3) is 0 Å². The summed E-state index contributed by atoms with van der Waals surface area (Å²) in [5.74, 6) is 0.380. The van der Waals surface area contributed by atoms with Gasteiger partial charge in [0, 0.05) is 24.8 Å². The Labute approximate surface area is 124 Å². The van der Waals surface area contributed by atoms with Crippen molar-refractivity contribution in [3.8, 4) is 0 Å². The zero-order valence-electron chi connectivity index (χ0n) is 12.6. The second kappa shape index (κ2) is 7.17. The van der Waals surface area contributed by atoms with Crippen molar-refractivity contribution in [1.82, 2.24) is 15.2 Å². The first-order valence-corrected chi connectivity index (χ1v) is 7.41. The van der Waals surface area contributed by atoms with E-state index < -0.39 is 0 Å². The van der Waals surface area contributed by atoms with Crippen molar-refractivity contribution in [1.29, 1.82) is 0 Å². The fourth-order valence-electron chi connectivity index (χ4n) is 2.52. The maximum absolute atomic E-state index is 11.9. The third-order valence-electron chi connectivity index (χ3n) is 3.55. The molecule has 1 aliphatic rings. The maximum atomic E-state index is 11.9. The Morgan fingerprint density at radius 3 is 2.95 bits per heavy atom. The Hall–Kier alpha value is -1.95. The molecule has 2 amide bonds. The number of nitrogens with one attached hydrogen (secondary N) is 2. The van der Waals surface area contributed by atoms with E-state index in [2.05, 4.69) is 22.5 Å². The third-order valence-corrected chi connectivity index (χ3v) is 3.55. The summed E-state index contributed by atoms with van der Waals surface area (Å²) in [7, 11) is 0. The van der Waals surface area contributed by atoms with Crippen LogP contribution in [0.15, 0.2) is 18.3 Å². The van der Waals surface area contributed by atoms with E-state index in [9.17, 15) is 9.59 Å². The van der Waals surface area contributed by atoms with Crippen LogP contribution in [0.2, 0.25) is 0 Å². The van der Waals surface area contributed by atoms with Gasteiger partial charge >= 0.3 is 0 Å². The number of piperazine rings is 1. The highest BCUT2D eigenvalue weighted by Crippen LogP contribution is 2.18. The monoisotopic (exact) mass is 290 g/mol. The molecular formula is C15H22N4O2. The molecule has 1 saturated heterocycles. The molecule has 6 heteroatoms. The summed E-state index contributed by atoms with van der Waals surface area (Å²) < 4.78 is 0. The molecule has 1 unspecified atom stereocenters. The van der Waals surface area contributed by atoms with E-state index in [4.69, 9.17) is 0 Å². The van der Waals surface area contributed by atoms with Crippen molar-refractivity contribution in [2.45, 2.75) is 39.3 Å². The number of carbonyl (C=O) groups is 2. The van der Waals surface area contributed by atoms with E-state index in [1.165, 1.54) is 0 Å². The molecule has 0 spiro atoms. The van der Waals surface area contributed by atoms with Crippen molar-refractivity contribution in [3.63, 3.8) is 0 Å². The number of nitrogens with zero attached hydrogens (tertiary/aromatic N) is 2. The summed E-state index contributed by atoms with van der Waals surface area (Å²) in [5, 5.41) is 5.68. The summed E-state index contributed by atoms with van der Waals surface area (Å²) in [6.07, 6.45) is 3.43. The van der Waals surface area contributed by atoms with E-state index in [1.54, 1.807) is 6.20 Å². The fourth-order valence-corrected chi connectivity index (χ4v) is 2.52. The summed E-state index contributed by atoms with van der Waals surface area (Å²) in [4.78, 5) is 29.7. The molecular weight excluding hydrogens is 268 g/mol. The zero-order valence-corrected chi connectivity index (χ0v) is 12.6.